The molecule has 88 valence electrons. The Bertz CT molecular complexity index is 71.2. The van der Waals surface area contributed by atoms with E-state index in [1.807, 2.05) is 13.8 Å². The van der Waals surface area contributed by atoms with Gasteiger partial charge in [-0.2, -0.15) is 0 Å². The number of aliphatic hydroxyl groups excluding tert-OH is 1. The van der Waals surface area contributed by atoms with Crippen molar-refractivity contribution in [2.75, 3.05) is 7.11 Å². The number of aliphatic hydroxyl groups is 1. The summed E-state index contributed by atoms with van der Waals surface area (Å²) in [7, 11) is 1.00. The molecule has 14 heavy (non-hydrogen) atoms. The minimum absolute atomic E-state index is 1.00. The summed E-state index contributed by atoms with van der Waals surface area (Å²) in [5.74, 6) is 2.14. The fourth-order valence-electron chi connectivity index (χ4n) is 2.05. The fourth-order valence-corrected chi connectivity index (χ4v) is 2.05. The molecule has 0 unspecified atom stereocenters. The molecule has 1 aliphatic rings. The Hall–Kier alpha value is -0.0400. The molecule has 0 aromatic heterocycles. The lowest BCUT2D eigenvalue weighted by Gasteiger charge is -2.26. The van der Waals surface area contributed by atoms with E-state index in [1.54, 1.807) is 0 Å². The molecule has 0 bridgehead atoms. The monoisotopic (exact) mass is 202 g/mol. The van der Waals surface area contributed by atoms with Crippen molar-refractivity contribution >= 4 is 0 Å². The van der Waals surface area contributed by atoms with Crippen molar-refractivity contribution in [1.82, 2.24) is 0 Å². The van der Waals surface area contributed by atoms with Crippen molar-refractivity contribution in [2.45, 2.75) is 66.2 Å². The molecule has 0 radical (unpaired) electrons. The topological polar surface area (TPSA) is 20.2 Å². The highest BCUT2D eigenvalue weighted by Gasteiger charge is 2.17. The Morgan fingerprint density at radius 3 is 1.14 bits per heavy atom. The van der Waals surface area contributed by atoms with Crippen molar-refractivity contribution < 1.29 is 5.11 Å². The second-order valence-electron chi connectivity index (χ2n) is 3.70. The van der Waals surface area contributed by atoms with E-state index in [-0.39, 0.29) is 0 Å². The zero-order valence-electron chi connectivity index (χ0n) is 10.8. The van der Waals surface area contributed by atoms with Crippen LogP contribution >= 0.6 is 0 Å². The number of hydrogen-bond donors (Lipinski definition) is 1. The minimum Gasteiger partial charge on any atom is -0.400 e. The highest BCUT2D eigenvalue weighted by atomic mass is 16.2. The van der Waals surface area contributed by atoms with Crippen LogP contribution in [0.2, 0.25) is 0 Å². The summed E-state index contributed by atoms with van der Waals surface area (Å²) < 4.78 is 0. The maximum Gasteiger partial charge on any atom is 0.0319 e. The van der Waals surface area contributed by atoms with Crippen LogP contribution in [0.3, 0.4) is 0 Å². The maximum atomic E-state index is 7.00. The number of rotatable bonds is 2. The highest BCUT2D eigenvalue weighted by molar-refractivity contribution is 4.70. The third kappa shape index (κ3) is 7.37. The fraction of sp³-hybridized carbons (Fsp3) is 1.00. The molecule has 1 aliphatic carbocycles. The van der Waals surface area contributed by atoms with Gasteiger partial charge in [0.2, 0.25) is 0 Å². The summed E-state index contributed by atoms with van der Waals surface area (Å²) in [6.45, 7) is 8.66. The van der Waals surface area contributed by atoms with Crippen molar-refractivity contribution in [1.29, 1.82) is 0 Å². The minimum atomic E-state index is 1.00. The number of hydrogen-bond acceptors (Lipinski definition) is 1. The van der Waals surface area contributed by atoms with E-state index in [0.717, 1.165) is 18.9 Å². The molecule has 1 rings (SSSR count). The lowest BCUT2D eigenvalue weighted by Crippen LogP contribution is -2.12. The lowest BCUT2D eigenvalue weighted by atomic mass is 9.80. The second-order valence-corrected chi connectivity index (χ2v) is 3.70. The molecule has 1 nitrogen and oxygen atoms in total. The van der Waals surface area contributed by atoms with E-state index < -0.39 is 0 Å². The first-order valence-corrected chi connectivity index (χ1v) is 6.31. The van der Waals surface area contributed by atoms with Crippen LogP contribution < -0.4 is 0 Å². The van der Waals surface area contributed by atoms with Gasteiger partial charge in [-0.25, -0.2) is 0 Å². The van der Waals surface area contributed by atoms with Gasteiger partial charge in [-0.1, -0.05) is 66.2 Å². The molecular weight excluding hydrogens is 172 g/mol. The molecule has 1 saturated carbocycles. The van der Waals surface area contributed by atoms with Crippen molar-refractivity contribution in [3.8, 4) is 0 Å². The van der Waals surface area contributed by atoms with Gasteiger partial charge in [-0.3, -0.25) is 0 Å². The van der Waals surface area contributed by atoms with Crippen LogP contribution in [0.4, 0.5) is 0 Å². The Labute approximate surface area is 90.9 Å². The van der Waals surface area contributed by atoms with Gasteiger partial charge >= 0.3 is 0 Å². The smallest absolute Gasteiger partial charge is 0.0319 e. The van der Waals surface area contributed by atoms with E-state index in [9.17, 15) is 0 Å². The molecule has 0 aromatic carbocycles. The Kier molecular flexibility index (Phi) is 15.2. The van der Waals surface area contributed by atoms with Gasteiger partial charge in [0.25, 0.3) is 0 Å². The largest absolute Gasteiger partial charge is 0.400 e. The molecule has 0 aliphatic heterocycles. The van der Waals surface area contributed by atoms with Gasteiger partial charge in [-0.05, 0) is 11.8 Å². The highest BCUT2D eigenvalue weighted by Crippen LogP contribution is 2.31. The van der Waals surface area contributed by atoms with Gasteiger partial charge < -0.3 is 5.11 Å². The third-order valence-corrected chi connectivity index (χ3v) is 3.12. The van der Waals surface area contributed by atoms with Gasteiger partial charge in [0, 0.05) is 7.11 Å². The Morgan fingerprint density at radius 1 is 0.786 bits per heavy atom. The van der Waals surface area contributed by atoms with E-state index in [4.69, 9.17) is 5.11 Å². The van der Waals surface area contributed by atoms with Gasteiger partial charge in [0.05, 0.1) is 0 Å². The molecule has 0 saturated heterocycles. The third-order valence-electron chi connectivity index (χ3n) is 3.12. The maximum absolute atomic E-state index is 7.00. The predicted molar refractivity (Wildman–Crippen MR) is 65.5 cm³/mol. The predicted octanol–water partition coefficient (Wildman–Crippen LogP) is 4.25. The van der Waals surface area contributed by atoms with Crippen molar-refractivity contribution in [2.24, 2.45) is 11.8 Å². The molecule has 1 heteroatoms. The van der Waals surface area contributed by atoms with Crippen molar-refractivity contribution in [3.63, 3.8) is 0 Å². The summed E-state index contributed by atoms with van der Waals surface area (Å²) in [5.41, 5.74) is 0. The van der Waals surface area contributed by atoms with Gasteiger partial charge in [-0.15, -0.1) is 0 Å². The van der Waals surface area contributed by atoms with Crippen LogP contribution in [0.15, 0.2) is 0 Å². The normalized spacial score (nSPS) is 25.3. The Balaban J connectivity index is 0. The van der Waals surface area contributed by atoms with Crippen LogP contribution in [0, 0.1) is 11.8 Å². The summed E-state index contributed by atoms with van der Waals surface area (Å²) >= 11 is 0. The average molecular weight is 202 g/mol. The standard InChI is InChI=1S/C10H20.C2H6.CH4O/c1-3-9-5-7-10(4-2)8-6-9;2*1-2/h9-10H,3-8H2,1-2H3;1-2H3;2H,1H3. The van der Waals surface area contributed by atoms with E-state index >= 15 is 0 Å². The zero-order chi connectivity index (χ0) is 11.4. The first kappa shape index (κ1) is 16.4. The first-order chi connectivity index (χ1) is 6.86. The molecule has 0 aromatic rings. The average Bonchev–Trinajstić information content (AvgIpc) is 2.34. The van der Waals surface area contributed by atoms with Crippen LogP contribution in [0.25, 0.3) is 0 Å². The molecule has 0 atom stereocenters. The van der Waals surface area contributed by atoms with Crippen LogP contribution in [-0.4, -0.2) is 12.2 Å². The lowest BCUT2D eigenvalue weighted by molar-refractivity contribution is 0.264. The molecule has 0 amide bonds. The Morgan fingerprint density at radius 2 is 1.00 bits per heavy atom. The van der Waals surface area contributed by atoms with E-state index in [2.05, 4.69) is 13.8 Å². The van der Waals surface area contributed by atoms with Crippen LogP contribution in [-0.2, 0) is 0 Å². The summed E-state index contributed by atoms with van der Waals surface area (Å²) in [4.78, 5) is 0. The molecule has 1 N–H and O–H groups in total. The SMILES string of the molecule is CC.CCC1CCC(CC)CC1.CO. The van der Waals surface area contributed by atoms with Crippen LogP contribution in [0.5, 0.6) is 0 Å². The first-order valence-electron chi connectivity index (χ1n) is 6.31. The molecular formula is C13H30O. The van der Waals surface area contributed by atoms with Crippen molar-refractivity contribution in [3.05, 3.63) is 0 Å². The zero-order valence-corrected chi connectivity index (χ0v) is 10.8. The summed E-state index contributed by atoms with van der Waals surface area (Å²) in [6.07, 6.45) is 8.86. The quantitative estimate of drug-likeness (QED) is 0.710. The van der Waals surface area contributed by atoms with Gasteiger partial charge in [0.15, 0.2) is 0 Å². The molecule has 0 spiro atoms. The van der Waals surface area contributed by atoms with E-state index in [0.29, 0.717) is 0 Å². The van der Waals surface area contributed by atoms with Gasteiger partial charge in [0.1, 0.15) is 0 Å². The van der Waals surface area contributed by atoms with E-state index in [1.165, 1.54) is 38.5 Å². The molecule has 0 heterocycles. The second kappa shape index (κ2) is 13.0. The molecule has 1 fully saturated rings. The van der Waals surface area contributed by atoms with Crippen LogP contribution in [0.1, 0.15) is 66.2 Å². The summed E-state index contributed by atoms with van der Waals surface area (Å²) in [6, 6.07) is 0. The summed E-state index contributed by atoms with van der Waals surface area (Å²) in [5, 5.41) is 7.00.